The van der Waals surface area contributed by atoms with Crippen molar-refractivity contribution in [1.29, 1.82) is 0 Å². The Labute approximate surface area is 261 Å². The van der Waals surface area contributed by atoms with Gasteiger partial charge in [0.05, 0.1) is 42.2 Å². The predicted molar refractivity (Wildman–Crippen MR) is 183 cm³/mol. The Bertz CT molecular complexity index is 1540. The molecule has 44 heavy (non-hydrogen) atoms. The number of imidazole rings is 1. The number of aromatic nitrogens is 2. The number of anilines is 4. The first kappa shape index (κ1) is 31.4. The minimum absolute atomic E-state index is 0.189. The third-order valence-electron chi connectivity index (χ3n) is 8.36. The van der Waals surface area contributed by atoms with Crippen LogP contribution < -0.4 is 21.3 Å². The van der Waals surface area contributed by atoms with Crippen LogP contribution >= 0.6 is 0 Å². The Morgan fingerprint density at radius 3 is 2.70 bits per heavy atom. The van der Waals surface area contributed by atoms with Crippen molar-refractivity contribution < 1.29 is 9.84 Å². The first-order chi connectivity index (χ1) is 21.5. The van der Waals surface area contributed by atoms with Gasteiger partial charge in [-0.1, -0.05) is 36.9 Å². The lowest BCUT2D eigenvalue weighted by atomic mass is 10.0. The van der Waals surface area contributed by atoms with Gasteiger partial charge in [0, 0.05) is 45.5 Å². The second kappa shape index (κ2) is 15.1. The molecule has 0 spiro atoms. The van der Waals surface area contributed by atoms with Crippen LogP contribution in [0.2, 0.25) is 0 Å². The van der Waals surface area contributed by atoms with Crippen molar-refractivity contribution in [3.05, 3.63) is 89.6 Å². The Hall–Kier alpha value is -4.05. The Morgan fingerprint density at radius 1 is 1.07 bits per heavy atom. The summed E-state index contributed by atoms with van der Waals surface area (Å²) in [6.45, 7) is 13.0. The molecule has 0 radical (unpaired) electrons. The molecule has 9 heteroatoms. The van der Waals surface area contributed by atoms with Gasteiger partial charge in [0.25, 0.3) is 0 Å². The van der Waals surface area contributed by atoms with E-state index in [1.807, 2.05) is 24.1 Å². The van der Waals surface area contributed by atoms with Gasteiger partial charge in [-0.3, -0.25) is 4.90 Å². The van der Waals surface area contributed by atoms with Crippen molar-refractivity contribution in [2.24, 2.45) is 0 Å². The first-order valence-electron chi connectivity index (χ1n) is 15.7. The summed E-state index contributed by atoms with van der Waals surface area (Å²) in [7, 11) is 1.96. The average Bonchev–Trinajstić information content (AvgIpc) is 3.38. The van der Waals surface area contributed by atoms with Crippen LogP contribution in [0.5, 0.6) is 0 Å². The Balaban J connectivity index is 1.40. The van der Waals surface area contributed by atoms with Gasteiger partial charge in [0.2, 0.25) is 5.95 Å². The van der Waals surface area contributed by atoms with E-state index in [0.717, 1.165) is 98.3 Å². The maximum Gasteiger partial charge on any atom is 0.204 e. The fraction of sp³-hybridized carbons (Fsp3) is 0.400. The zero-order valence-electron chi connectivity index (χ0n) is 26.2. The van der Waals surface area contributed by atoms with Gasteiger partial charge < -0.3 is 35.7 Å². The number of aliphatic hydroxyl groups excluding tert-OH is 1. The summed E-state index contributed by atoms with van der Waals surface area (Å²) in [5.41, 5.74) is 16.1. The Kier molecular flexibility index (Phi) is 10.8. The van der Waals surface area contributed by atoms with Gasteiger partial charge in [-0.15, -0.1) is 0 Å². The van der Waals surface area contributed by atoms with Crippen molar-refractivity contribution in [2.75, 3.05) is 74.3 Å². The monoisotopic (exact) mass is 597 g/mol. The van der Waals surface area contributed by atoms with E-state index >= 15 is 0 Å². The molecule has 4 aromatic rings. The lowest BCUT2D eigenvalue weighted by Crippen LogP contribution is -2.37. The van der Waals surface area contributed by atoms with Crippen LogP contribution in [0.25, 0.3) is 11.0 Å². The summed E-state index contributed by atoms with van der Waals surface area (Å²) in [6, 6.07) is 19.1. The summed E-state index contributed by atoms with van der Waals surface area (Å²) in [4.78, 5) is 9.42. The smallest absolute Gasteiger partial charge is 0.204 e. The molecule has 1 fully saturated rings. The van der Waals surface area contributed by atoms with Gasteiger partial charge in [-0.25, -0.2) is 4.98 Å². The molecule has 3 aromatic carbocycles. The van der Waals surface area contributed by atoms with Crippen LogP contribution in [-0.2, 0) is 24.2 Å². The third kappa shape index (κ3) is 7.72. The lowest BCUT2D eigenvalue weighted by Gasteiger charge is -2.26. The number of benzene rings is 3. The SMILES string of the molecule is C=CN(C)c1cccc(Cn2c(NCCCN3CCOCC3)nc3ccc(CNc4cc(C)ccc4CCCO)cc32)c1N. The number of nitrogens with zero attached hydrogens (tertiary/aromatic N) is 4. The highest BCUT2D eigenvalue weighted by Gasteiger charge is 2.16. The molecule has 1 aromatic heterocycles. The molecule has 0 atom stereocenters. The summed E-state index contributed by atoms with van der Waals surface area (Å²) in [5.74, 6) is 0.846. The molecule has 9 nitrogen and oxygen atoms in total. The average molecular weight is 598 g/mol. The number of aryl methyl sites for hydroxylation is 2. The van der Waals surface area contributed by atoms with E-state index in [2.05, 4.69) is 76.1 Å². The van der Waals surface area contributed by atoms with Crippen molar-refractivity contribution >= 4 is 34.0 Å². The number of morpholine rings is 1. The van der Waals surface area contributed by atoms with E-state index in [4.69, 9.17) is 15.5 Å². The number of rotatable bonds is 15. The molecular weight excluding hydrogens is 550 g/mol. The highest BCUT2D eigenvalue weighted by molar-refractivity contribution is 5.80. The number of para-hydroxylation sites is 1. The van der Waals surface area contributed by atoms with E-state index in [-0.39, 0.29) is 6.61 Å². The molecule has 1 saturated heterocycles. The molecule has 1 aliphatic rings. The van der Waals surface area contributed by atoms with Gasteiger partial charge in [-0.05, 0) is 85.5 Å². The molecule has 5 rings (SSSR count). The number of aliphatic hydroxyl groups is 1. The van der Waals surface area contributed by atoms with Crippen LogP contribution in [0.3, 0.4) is 0 Å². The first-order valence-corrected chi connectivity index (χ1v) is 15.7. The molecular formula is C35H47N7O2. The number of fused-ring (bicyclic) bond motifs is 1. The minimum atomic E-state index is 0.189. The van der Waals surface area contributed by atoms with Gasteiger partial charge in [0.1, 0.15) is 0 Å². The van der Waals surface area contributed by atoms with Crippen molar-refractivity contribution in [3.63, 3.8) is 0 Å². The van der Waals surface area contributed by atoms with Crippen molar-refractivity contribution in [2.45, 2.75) is 39.3 Å². The fourth-order valence-electron chi connectivity index (χ4n) is 5.75. The standard InChI is InChI=1S/C35H47N7O2/c1-4-40(3)32-10-5-8-29(34(32)36)25-42-33-23-27(24-38-31-22-26(2)11-13-28(31)9-6-19-43)12-14-30(33)39-35(42)37-15-7-16-41-17-20-44-21-18-41/h4-5,8,10-14,22-23,38,43H,1,6-7,9,15-21,24-25,36H2,2-3H3,(H,37,39). The molecule has 0 unspecified atom stereocenters. The number of hydrogen-bond donors (Lipinski definition) is 4. The normalized spacial score (nSPS) is 13.7. The number of nitrogens with two attached hydrogens (primary N) is 1. The minimum Gasteiger partial charge on any atom is -0.397 e. The van der Waals surface area contributed by atoms with E-state index < -0.39 is 0 Å². The topological polar surface area (TPSA) is 104 Å². The summed E-state index contributed by atoms with van der Waals surface area (Å²) >= 11 is 0. The Morgan fingerprint density at radius 2 is 1.91 bits per heavy atom. The lowest BCUT2D eigenvalue weighted by molar-refractivity contribution is 0.0378. The second-order valence-electron chi connectivity index (χ2n) is 11.6. The molecule has 1 aliphatic heterocycles. The van der Waals surface area contributed by atoms with Crippen LogP contribution in [0.15, 0.2) is 67.4 Å². The van der Waals surface area contributed by atoms with Crippen LogP contribution in [0.4, 0.5) is 23.0 Å². The van der Waals surface area contributed by atoms with E-state index in [1.165, 1.54) is 16.7 Å². The largest absolute Gasteiger partial charge is 0.397 e. The predicted octanol–water partition coefficient (Wildman–Crippen LogP) is 5.23. The molecule has 0 amide bonds. The molecule has 234 valence electrons. The molecule has 0 bridgehead atoms. The fourth-order valence-corrected chi connectivity index (χ4v) is 5.75. The summed E-state index contributed by atoms with van der Waals surface area (Å²) in [6.07, 6.45) is 4.38. The molecule has 0 aliphatic carbocycles. The van der Waals surface area contributed by atoms with E-state index in [0.29, 0.717) is 13.1 Å². The second-order valence-corrected chi connectivity index (χ2v) is 11.6. The third-order valence-corrected chi connectivity index (χ3v) is 8.36. The number of nitrogen functional groups attached to an aromatic ring is 1. The number of ether oxygens (including phenoxy) is 1. The molecule has 5 N–H and O–H groups in total. The van der Waals surface area contributed by atoms with Crippen molar-refractivity contribution in [1.82, 2.24) is 14.5 Å². The zero-order chi connectivity index (χ0) is 30.9. The highest BCUT2D eigenvalue weighted by atomic mass is 16.5. The quantitative estimate of drug-likeness (QED) is 0.109. The van der Waals surface area contributed by atoms with E-state index in [1.54, 1.807) is 6.20 Å². The molecule has 0 saturated carbocycles. The highest BCUT2D eigenvalue weighted by Crippen LogP contribution is 2.30. The van der Waals surface area contributed by atoms with E-state index in [9.17, 15) is 5.11 Å². The van der Waals surface area contributed by atoms with Crippen LogP contribution in [0.1, 0.15) is 35.1 Å². The van der Waals surface area contributed by atoms with Crippen LogP contribution in [-0.4, -0.2) is 72.6 Å². The van der Waals surface area contributed by atoms with Gasteiger partial charge in [-0.2, -0.15) is 0 Å². The number of nitrogens with one attached hydrogen (secondary N) is 2. The van der Waals surface area contributed by atoms with Gasteiger partial charge >= 0.3 is 0 Å². The zero-order valence-corrected chi connectivity index (χ0v) is 26.2. The van der Waals surface area contributed by atoms with Gasteiger partial charge in [0.15, 0.2) is 0 Å². The summed E-state index contributed by atoms with van der Waals surface area (Å²) < 4.78 is 7.74. The number of hydrogen-bond acceptors (Lipinski definition) is 8. The summed E-state index contributed by atoms with van der Waals surface area (Å²) in [5, 5.41) is 16.6. The van der Waals surface area contributed by atoms with Crippen molar-refractivity contribution in [3.8, 4) is 0 Å². The maximum absolute atomic E-state index is 9.36. The maximum atomic E-state index is 9.36. The van der Waals surface area contributed by atoms with Crippen LogP contribution in [0, 0.1) is 6.92 Å². The molecule has 2 heterocycles.